The largest absolute Gasteiger partial charge is 0.355 e. The van der Waals surface area contributed by atoms with Gasteiger partial charge in [-0.1, -0.05) is 30.3 Å². The van der Waals surface area contributed by atoms with Gasteiger partial charge in [0, 0.05) is 46.9 Å². The number of rotatable bonds is 4. The number of fused-ring (bicyclic) bond motifs is 1. The molecule has 2 aromatic carbocycles. The molecule has 2 amide bonds. The van der Waals surface area contributed by atoms with Crippen molar-refractivity contribution in [1.29, 1.82) is 0 Å². The molecule has 2 N–H and O–H groups in total. The van der Waals surface area contributed by atoms with Crippen LogP contribution in [-0.4, -0.2) is 34.8 Å². The molecule has 1 saturated heterocycles. The van der Waals surface area contributed by atoms with E-state index in [2.05, 4.69) is 28.5 Å². The number of nitrogens with zero attached hydrogens (tertiary/aromatic N) is 1. The molecule has 1 aliphatic carbocycles. The van der Waals surface area contributed by atoms with Crippen molar-refractivity contribution in [2.24, 2.45) is 11.8 Å². The van der Waals surface area contributed by atoms with Crippen molar-refractivity contribution in [3.05, 3.63) is 54.6 Å². The van der Waals surface area contributed by atoms with Gasteiger partial charge in [-0.2, -0.15) is 0 Å². The highest BCUT2D eigenvalue weighted by Crippen LogP contribution is 2.33. The smallest absolute Gasteiger partial charge is 0.229 e. The molecule has 0 radical (unpaired) electrons. The van der Waals surface area contributed by atoms with Gasteiger partial charge >= 0.3 is 0 Å². The molecule has 1 aromatic heterocycles. The fraction of sp³-hybridized carbons (Fsp3) is 0.333. The third-order valence-corrected chi connectivity index (χ3v) is 6.00. The number of hydrogen-bond donors (Lipinski definition) is 2. The van der Waals surface area contributed by atoms with E-state index in [9.17, 15) is 9.59 Å². The first kappa shape index (κ1) is 18.0. The average Bonchev–Trinajstić information content (AvgIpc) is 3.51. The van der Waals surface area contributed by atoms with Crippen molar-refractivity contribution in [1.82, 2.24) is 9.88 Å². The number of para-hydroxylation sites is 1. The lowest BCUT2D eigenvalue weighted by Gasteiger charge is -2.32. The molecule has 1 unspecified atom stereocenters. The molecule has 29 heavy (non-hydrogen) atoms. The van der Waals surface area contributed by atoms with Crippen molar-refractivity contribution in [2.45, 2.75) is 25.7 Å². The quantitative estimate of drug-likeness (QED) is 0.696. The van der Waals surface area contributed by atoms with Gasteiger partial charge in [-0.25, -0.2) is 0 Å². The maximum Gasteiger partial charge on any atom is 0.229 e. The Labute approximate surface area is 170 Å². The number of H-pyrrole nitrogens is 1. The SMILES string of the molecule is O=C(Nc1cccc(-c2cc3ccccc3[nH]2)c1)C1CCCN(C(=O)C2CC2)C1. The normalized spacial score (nSPS) is 19.3. The van der Waals surface area contributed by atoms with E-state index in [1.54, 1.807) is 0 Å². The number of anilines is 1. The Balaban J connectivity index is 1.29. The number of hydrogen-bond acceptors (Lipinski definition) is 2. The molecule has 1 aliphatic heterocycles. The summed E-state index contributed by atoms with van der Waals surface area (Å²) in [6.07, 6.45) is 3.74. The number of carbonyl (C=O) groups excluding carboxylic acids is 2. The summed E-state index contributed by atoms with van der Waals surface area (Å²) < 4.78 is 0. The van der Waals surface area contributed by atoms with Crippen LogP contribution in [-0.2, 0) is 9.59 Å². The van der Waals surface area contributed by atoms with Crippen LogP contribution in [0.15, 0.2) is 54.6 Å². The summed E-state index contributed by atoms with van der Waals surface area (Å²) in [4.78, 5) is 30.5. The van der Waals surface area contributed by atoms with E-state index < -0.39 is 0 Å². The summed E-state index contributed by atoms with van der Waals surface area (Å²) in [5.41, 5.74) is 3.95. The molecule has 5 heteroatoms. The lowest BCUT2D eigenvalue weighted by atomic mass is 9.96. The van der Waals surface area contributed by atoms with Crippen molar-refractivity contribution in [3.8, 4) is 11.3 Å². The van der Waals surface area contributed by atoms with E-state index in [1.807, 2.05) is 41.3 Å². The van der Waals surface area contributed by atoms with Crippen LogP contribution >= 0.6 is 0 Å². The Kier molecular flexibility index (Phi) is 4.58. The Bertz CT molecular complexity index is 1030. The minimum atomic E-state index is -0.136. The molecule has 5 nitrogen and oxygen atoms in total. The summed E-state index contributed by atoms with van der Waals surface area (Å²) in [7, 11) is 0. The molecular formula is C24H25N3O2. The van der Waals surface area contributed by atoms with Gasteiger partial charge in [0.25, 0.3) is 0 Å². The van der Waals surface area contributed by atoms with Crippen molar-refractivity contribution < 1.29 is 9.59 Å². The number of aromatic amines is 1. The van der Waals surface area contributed by atoms with Crippen molar-refractivity contribution >= 4 is 28.4 Å². The fourth-order valence-corrected chi connectivity index (χ4v) is 4.22. The first-order valence-electron chi connectivity index (χ1n) is 10.5. The van der Waals surface area contributed by atoms with Crippen molar-refractivity contribution in [2.75, 3.05) is 18.4 Å². The Morgan fingerprint density at radius 3 is 2.66 bits per heavy atom. The summed E-state index contributed by atoms with van der Waals surface area (Å²) in [5, 5.41) is 4.24. The number of benzene rings is 2. The maximum absolute atomic E-state index is 12.9. The molecular weight excluding hydrogens is 362 g/mol. The molecule has 0 spiro atoms. The number of aromatic nitrogens is 1. The van der Waals surface area contributed by atoms with E-state index >= 15 is 0 Å². The van der Waals surface area contributed by atoms with E-state index in [1.165, 1.54) is 5.39 Å². The predicted octanol–water partition coefficient (Wildman–Crippen LogP) is 4.42. The van der Waals surface area contributed by atoms with Gasteiger partial charge in [0.15, 0.2) is 0 Å². The summed E-state index contributed by atoms with van der Waals surface area (Å²) in [5.74, 6) is 0.323. The lowest BCUT2D eigenvalue weighted by Crippen LogP contribution is -2.44. The Morgan fingerprint density at radius 1 is 0.966 bits per heavy atom. The topological polar surface area (TPSA) is 65.2 Å². The molecule has 5 rings (SSSR count). The monoisotopic (exact) mass is 387 g/mol. The van der Waals surface area contributed by atoms with Crippen molar-refractivity contribution in [3.63, 3.8) is 0 Å². The van der Waals surface area contributed by atoms with Gasteiger partial charge in [-0.15, -0.1) is 0 Å². The van der Waals surface area contributed by atoms with Gasteiger partial charge in [0.2, 0.25) is 11.8 Å². The molecule has 2 fully saturated rings. The van der Waals surface area contributed by atoms with Crippen LogP contribution in [0.5, 0.6) is 0 Å². The van der Waals surface area contributed by atoms with Gasteiger partial charge in [-0.05, 0) is 49.9 Å². The first-order chi connectivity index (χ1) is 14.2. The number of nitrogens with one attached hydrogen (secondary N) is 2. The average molecular weight is 387 g/mol. The van der Waals surface area contributed by atoms with Crippen LogP contribution in [0.25, 0.3) is 22.2 Å². The first-order valence-corrected chi connectivity index (χ1v) is 10.5. The summed E-state index contributed by atoms with van der Waals surface area (Å²) >= 11 is 0. The van der Waals surface area contributed by atoms with Gasteiger partial charge in [0.05, 0.1) is 5.92 Å². The highest BCUT2D eigenvalue weighted by molar-refractivity contribution is 5.94. The van der Waals surface area contributed by atoms with Crippen LogP contribution in [0.1, 0.15) is 25.7 Å². The van der Waals surface area contributed by atoms with Gasteiger partial charge in [0.1, 0.15) is 0 Å². The fourth-order valence-electron chi connectivity index (χ4n) is 4.22. The molecule has 0 bridgehead atoms. The van der Waals surface area contributed by atoms with Crippen LogP contribution < -0.4 is 5.32 Å². The maximum atomic E-state index is 12.9. The standard InChI is InChI=1S/C24H25N3O2/c28-23(19-7-4-12-27(15-19)24(29)16-10-11-16)25-20-8-3-6-17(13-20)22-14-18-5-1-2-9-21(18)26-22/h1-3,5-6,8-9,13-14,16,19,26H,4,7,10-12,15H2,(H,25,28). The van der Waals surface area contributed by atoms with Crippen LogP contribution in [0, 0.1) is 11.8 Å². The molecule has 1 saturated carbocycles. The number of carbonyl (C=O) groups is 2. The summed E-state index contributed by atoms with van der Waals surface area (Å²) in [6, 6.07) is 18.2. The third kappa shape index (κ3) is 3.77. The highest BCUT2D eigenvalue weighted by Gasteiger charge is 2.36. The second-order valence-corrected chi connectivity index (χ2v) is 8.24. The van der Waals surface area contributed by atoms with E-state index in [0.717, 1.165) is 54.7 Å². The van der Waals surface area contributed by atoms with Crippen LogP contribution in [0.2, 0.25) is 0 Å². The molecule has 3 aromatic rings. The van der Waals surface area contributed by atoms with Gasteiger partial charge in [-0.3, -0.25) is 9.59 Å². The minimum absolute atomic E-state index is 0.00657. The molecule has 1 atom stereocenters. The molecule has 2 heterocycles. The Hall–Kier alpha value is -3.08. The number of likely N-dealkylation sites (tertiary alicyclic amines) is 1. The zero-order valence-corrected chi connectivity index (χ0v) is 16.4. The number of amides is 2. The Morgan fingerprint density at radius 2 is 1.83 bits per heavy atom. The van der Waals surface area contributed by atoms with Crippen LogP contribution in [0.3, 0.4) is 0 Å². The van der Waals surface area contributed by atoms with E-state index in [0.29, 0.717) is 6.54 Å². The predicted molar refractivity (Wildman–Crippen MR) is 114 cm³/mol. The molecule has 2 aliphatic rings. The van der Waals surface area contributed by atoms with Crippen LogP contribution in [0.4, 0.5) is 5.69 Å². The second kappa shape index (κ2) is 7.39. The van der Waals surface area contributed by atoms with Gasteiger partial charge < -0.3 is 15.2 Å². The number of piperidine rings is 1. The minimum Gasteiger partial charge on any atom is -0.355 e. The van der Waals surface area contributed by atoms with E-state index in [4.69, 9.17) is 0 Å². The molecule has 148 valence electrons. The second-order valence-electron chi connectivity index (χ2n) is 8.24. The summed E-state index contributed by atoms with van der Waals surface area (Å²) in [6.45, 7) is 1.33. The third-order valence-electron chi connectivity index (χ3n) is 6.00. The zero-order valence-electron chi connectivity index (χ0n) is 16.4. The zero-order chi connectivity index (χ0) is 19.8. The lowest BCUT2D eigenvalue weighted by molar-refractivity contribution is -0.135. The highest BCUT2D eigenvalue weighted by atomic mass is 16.2. The van der Waals surface area contributed by atoms with E-state index in [-0.39, 0.29) is 23.7 Å².